The highest BCUT2D eigenvalue weighted by Gasteiger charge is 2.39. The maximum atomic E-state index is 12.7. The topological polar surface area (TPSA) is 76.1 Å². The smallest absolute Gasteiger partial charge is 0.243 e. The number of ether oxygens (including phenoxy) is 2. The van der Waals surface area contributed by atoms with Gasteiger partial charge in [0.25, 0.3) is 0 Å². The zero-order chi connectivity index (χ0) is 15.6. The van der Waals surface area contributed by atoms with Crippen LogP contribution in [0.3, 0.4) is 0 Å². The van der Waals surface area contributed by atoms with E-state index in [4.69, 9.17) is 9.47 Å². The Kier molecular flexibility index (Phi) is 5.00. The van der Waals surface area contributed by atoms with Crippen LogP contribution in [0, 0.1) is 6.92 Å². The Morgan fingerprint density at radius 3 is 2.29 bits per heavy atom. The number of benzene rings is 1. The molecule has 6 nitrogen and oxygen atoms in total. The molecule has 1 N–H and O–H groups in total. The first kappa shape index (κ1) is 16.4. The molecule has 2 atom stereocenters. The minimum atomic E-state index is -3.61. The number of rotatable bonds is 5. The van der Waals surface area contributed by atoms with E-state index in [0.29, 0.717) is 5.56 Å². The van der Waals surface area contributed by atoms with E-state index in [-0.39, 0.29) is 36.8 Å². The third-order valence-corrected chi connectivity index (χ3v) is 5.74. The highest BCUT2D eigenvalue weighted by Crippen LogP contribution is 2.25. The Morgan fingerprint density at radius 2 is 1.81 bits per heavy atom. The highest BCUT2D eigenvalue weighted by molar-refractivity contribution is 7.89. The molecule has 21 heavy (non-hydrogen) atoms. The first-order valence-electron chi connectivity index (χ1n) is 6.70. The fourth-order valence-corrected chi connectivity index (χ4v) is 4.00. The van der Waals surface area contributed by atoms with Crippen LogP contribution in [-0.2, 0) is 26.1 Å². The van der Waals surface area contributed by atoms with Crippen molar-refractivity contribution in [2.24, 2.45) is 0 Å². The summed E-state index contributed by atoms with van der Waals surface area (Å²) >= 11 is 0. The number of sulfonamides is 1. The first-order valence-corrected chi connectivity index (χ1v) is 8.14. The molecular formula is C14H21NO5S. The molecule has 118 valence electrons. The average molecular weight is 315 g/mol. The van der Waals surface area contributed by atoms with Crippen LogP contribution in [-0.4, -0.2) is 57.3 Å². The molecule has 0 spiro atoms. The highest BCUT2D eigenvalue weighted by atomic mass is 32.2. The van der Waals surface area contributed by atoms with Gasteiger partial charge in [-0.05, 0) is 30.2 Å². The van der Waals surface area contributed by atoms with Crippen molar-refractivity contribution in [1.82, 2.24) is 4.31 Å². The van der Waals surface area contributed by atoms with Gasteiger partial charge in [-0.1, -0.05) is 6.07 Å². The van der Waals surface area contributed by atoms with Crippen molar-refractivity contribution in [3.05, 3.63) is 29.3 Å². The molecule has 1 saturated heterocycles. The van der Waals surface area contributed by atoms with E-state index in [1.807, 2.05) is 6.92 Å². The Balaban J connectivity index is 2.31. The van der Waals surface area contributed by atoms with Crippen molar-refractivity contribution in [3.8, 4) is 0 Å². The van der Waals surface area contributed by atoms with Crippen LogP contribution in [0.2, 0.25) is 0 Å². The van der Waals surface area contributed by atoms with Crippen LogP contribution in [0.15, 0.2) is 23.1 Å². The Bertz CT molecular complexity index is 589. The second-order valence-electron chi connectivity index (χ2n) is 5.12. The molecule has 2 unspecified atom stereocenters. The lowest BCUT2D eigenvalue weighted by Crippen LogP contribution is -2.30. The van der Waals surface area contributed by atoms with E-state index in [0.717, 1.165) is 5.56 Å². The molecule has 0 radical (unpaired) electrons. The molecule has 2 rings (SSSR count). The lowest BCUT2D eigenvalue weighted by molar-refractivity contribution is -0.00461. The molecule has 0 aliphatic carbocycles. The zero-order valence-electron chi connectivity index (χ0n) is 12.4. The summed E-state index contributed by atoms with van der Waals surface area (Å²) in [5.74, 6) is 0. The standard InChI is InChI=1S/C14H21NO5S/c1-10-4-5-12(6-11(10)9-16)21(17,18)15-7-13(19-2)14(8-15)20-3/h4-6,13-14,16H,7-9H2,1-3H3. The Hall–Kier alpha value is -0.990. The summed E-state index contributed by atoms with van der Waals surface area (Å²) in [6, 6.07) is 4.79. The van der Waals surface area contributed by atoms with E-state index in [2.05, 4.69) is 0 Å². The average Bonchev–Trinajstić information content (AvgIpc) is 2.91. The van der Waals surface area contributed by atoms with Crippen molar-refractivity contribution >= 4 is 10.0 Å². The summed E-state index contributed by atoms with van der Waals surface area (Å²) in [5, 5.41) is 9.29. The maximum Gasteiger partial charge on any atom is 0.243 e. The fourth-order valence-electron chi connectivity index (χ4n) is 2.49. The minimum Gasteiger partial charge on any atom is -0.392 e. The summed E-state index contributed by atoms with van der Waals surface area (Å²) in [5.41, 5.74) is 1.48. The van der Waals surface area contributed by atoms with Gasteiger partial charge in [-0.15, -0.1) is 0 Å². The van der Waals surface area contributed by atoms with E-state index in [9.17, 15) is 13.5 Å². The molecule has 0 amide bonds. The summed E-state index contributed by atoms with van der Waals surface area (Å²) in [6.45, 7) is 2.18. The third-order valence-electron chi connectivity index (χ3n) is 3.92. The summed E-state index contributed by atoms with van der Waals surface area (Å²) in [4.78, 5) is 0.184. The van der Waals surface area contributed by atoms with Gasteiger partial charge in [-0.25, -0.2) is 8.42 Å². The van der Waals surface area contributed by atoms with Gasteiger partial charge in [0, 0.05) is 27.3 Å². The number of aryl methyl sites for hydroxylation is 1. The van der Waals surface area contributed by atoms with Crippen molar-refractivity contribution in [2.45, 2.75) is 30.6 Å². The largest absolute Gasteiger partial charge is 0.392 e. The monoisotopic (exact) mass is 315 g/mol. The molecule has 1 aromatic carbocycles. The van der Waals surface area contributed by atoms with Gasteiger partial charge in [0.1, 0.15) is 0 Å². The zero-order valence-corrected chi connectivity index (χ0v) is 13.3. The van der Waals surface area contributed by atoms with Crippen LogP contribution in [0.1, 0.15) is 11.1 Å². The minimum absolute atomic E-state index is 0.184. The fraction of sp³-hybridized carbons (Fsp3) is 0.571. The van der Waals surface area contributed by atoms with E-state index < -0.39 is 10.0 Å². The Labute approximate surface area is 125 Å². The molecule has 1 aromatic rings. The quantitative estimate of drug-likeness (QED) is 0.857. The predicted octanol–water partition coefficient (Wildman–Crippen LogP) is 0.522. The van der Waals surface area contributed by atoms with Crippen molar-refractivity contribution < 1.29 is 23.0 Å². The van der Waals surface area contributed by atoms with Crippen LogP contribution in [0.25, 0.3) is 0 Å². The number of nitrogens with zero attached hydrogens (tertiary/aromatic N) is 1. The Morgan fingerprint density at radius 1 is 1.24 bits per heavy atom. The van der Waals surface area contributed by atoms with Crippen LogP contribution in [0.4, 0.5) is 0 Å². The van der Waals surface area contributed by atoms with E-state index in [1.165, 1.54) is 10.4 Å². The summed E-state index contributed by atoms with van der Waals surface area (Å²) in [7, 11) is -0.523. The second kappa shape index (κ2) is 6.41. The van der Waals surface area contributed by atoms with Gasteiger partial charge < -0.3 is 14.6 Å². The van der Waals surface area contributed by atoms with Crippen LogP contribution in [0.5, 0.6) is 0 Å². The molecule has 1 aliphatic heterocycles. The summed E-state index contributed by atoms with van der Waals surface area (Å²) in [6.07, 6.45) is -0.542. The van der Waals surface area contributed by atoms with Gasteiger partial charge in [-0.2, -0.15) is 4.31 Å². The number of aliphatic hydroxyl groups excluding tert-OH is 1. The number of methoxy groups -OCH3 is 2. The van der Waals surface area contributed by atoms with Gasteiger partial charge in [0.05, 0.1) is 23.7 Å². The molecule has 0 saturated carbocycles. The molecule has 1 heterocycles. The number of hydrogen-bond acceptors (Lipinski definition) is 5. The number of aliphatic hydroxyl groups is 1. The van der Waals surface area contributed by atoms with Crippen LogP contribution >= 0.6 is 0 Å². The van der Waals surface area contributed by atoms with E-state index >= 15 is 0 Å². The lowest BCUT2D eigenvalue weighted by atomic mass is 10.1. The van der Waals surface area contributed by atoms with Crippen molar-refractivity contribution in [3.63, 3.8) is 0 Å². The molecule has 1 fully saturated rings. The normalized spacial score (nSPS) is 23.6. The molecule has 1 aliphatic rings. The summed E-state index contributed by atoms with van der Waals surface area (Å²) < 4.78 is 37.2. The van der Waals surface area contributed by atoms with Gasteiger partial charge in [-0.3, -0.25) is 0 Å². The van der Waals surface area contributed by atoms with Crippen LogP contribution < -0.4 is 0 Å². The first-order chi connectivity index (χ1) is 9.93. The number of hydrogen-bond donors (Lipinski definition) is 1. The maximum absolute atomic E-state index is 12.7. The van der Waals surface area contributed by atoms with Gasteiger partial charge >= 0.3 is 0 Å². The van der Waals surface area contributed by atoms with Crippen molar-refractivity contribution in [1.29, 1.82) is 0 Å². The van der Waals surface area contributed by atoms with E-state index in [1.54, 1.807) is 26.4 Å². The molecule has 0 bridgehead atoms. The van der Waals surface area contributed by atoms with Crippen molar-refractivity contribution in [2.75, 3.05) is 27.3 Å². The lowest BCUT2D eigenvalue weighted by Gasteiger charge is -2.17. The third kappa shape index (κ3) is 3.12. The molecule has 0 aromatic heterocycles. The molecular weight excluding hydrogens is 294 g/mol. The van der Waals surface area contributed by atoms with Gasteiger partial charge in [0.2, 0.25) is 10.0 Å². The second-order valence-corrected chi connectivity index (χ2v) is 7.05. The predicted molar refractivity (Wildman–Crippen MR) is 77.5 cm³/mol. The molecule has 7 heteroatoms. The van der Waals surface area contributed by atoms with Gasteiger partial charge in [0.15, 0.2) is 0 Å². The SMILES string of the molecule is COC1CN(S(=O)(=O)c2ccc(C)c(CO)c2)CC1OC.